The minimum Gasteiger partial charge on any atom is -0.367 e. The van der Waals surface area contributed by atoms with Crippen LogP contribution < -0.4 is 0 Å². The molecular formula is C9H14N2. The highest BCUT2D eigenvalue weighted by molar-refractivity contribution is 5.16. The summed E-state index contributed by atoms with van der Waals surface area (Å²) in [6, 6.07) is 2.18. The largest absolute Gasteiger partial charge is 0.367 e. The predicted molar refractivity (Wildman–Crippen MR) is 45.6 cm³/mol. The molecule has 1 aromatic heterocycles. The predicted octanol–water partition coefficient (Wildman–Crippen LogP) is 1.43. The lowest BCUT2D eigenvalue weighted by molar-refractivity contribution is 0.411. The van der Waals surface area contributed by atoms with Crippen molar-refractivity contribution in [3.63, 3.8) is 0 Å². The zero-order chi connectivity index (χ0) is 7.68. The van der Waals surface area contributed by atoms with Gasteiger partial charge in [0.1, 0.15) is 0 Å². The van der Waals surface area contributed by atoms with E-state index >= 15 is 0 Å². The number of H-pyrrole nitrogens is 1. The fourth-order valence-electron chi connectivity index (χ4n) is 1.80. The van der Waals surface area contributed by atoms with Crippen molar-refractivity contribution >= 4 is 0 Å². The Bertz CT molecular complexity index is 215. The Morgan fingerprint density at radius 2 is 2.55 bits per heavy atom. The molecule has 1 saturated heterocycles. The van der Waals surface area contributed by atoms with Crippen molar-refractivity contribution in [1.29, 1.82) is 0 Å². The number of nitrogens with one attached hydrogen (secondary N) is 1. The van der Waals surface area contributed by atoms with Crippen molar-refractivity contribution in [2.75, 3.05) is 20.1 Å². The highest BCUT2D eigenvalue weighted by Gasteiger charge is 2.20. The summed E-state index contributed by atoms with van der Waals surface area (Å²) in [5.41, 5.74) is 1.47. The number of hydrogen-bond donors (Lipinski definition) is 1. The molecule has 0 aliphatic carbocycles. The maximum atomic E-state index is 3.10. The van der Waals surface area contributed by atoms with Crippen LogP contribution in [0, 0.1) is 0 Å². The Hall–Kier alpha value is -0.760. The lowest BCUT2D eigenvalue weighted by Crippen LogP contribution is -2.13. The van der Waals surface area contributed by atoms with Gasteiger partial charge in [-0.1, -0.05) is 0 Å². The zero-order valence-corrected chi connectivity index (χ0v) is 6.88. The van der Waals surface area contributed by atoms with Gasteiger partial charge in [0.2, 0.25) is 0 Å². The highest BCUT2D eigenvalue weighted by Crippen LogP contribution is 2.25. The normalized spacial score (nSPS) is 26.1. The quantitative estimate of drug-likeness (QED) is 0.641. The number of rotatable bonds is 1. The third-order valence-electron chi connectivity index (χ3n) is 2.48. The van der Waals surface area contributed by atoms with E-state index in [-0.39, 0.29) is 0 Å². The van der Waals surface area contributed by atoms with Crippen LogP contribution in [0.25, 0.3) is 0 Å². The van der Waals surface area contributed by atoms with Gasteiger partial charge < -0.3 is 9.88 Å². The molecule has 0 amide bonds. The second-order valence-electron chi connectivity index (χ2n) is 3.39. The summed E-state index contributed by atoms with van der Waals surface area (Å²) in [5, 5.41) is 0. The molecule has 0 spiro atoms. The summed E-state index contributed by atoms with van der Waals surface area (Å²) in [6.07, 6.45) is 5.44. The smallest absolute Gasteiger partial charge is 0.00483 e. The van der Waals surface area contributed by atoms with Gasteiger partial charge >= 0.3 is 0 Å². The van der Waals surface area contributed by atoms with Gasteiger partial charge in [0, 0.05) is 18.9 Å². The Labute approximate surface area is 67.2 Å². The molecule has 0 bridgehead atoms. The molecule has 0 radical (unpaired) electrons. The molecular weight excluding hydrogens is 136 g/mol. The number of aromatic amines is 1. The Morgan fingerprint density at radius 3 is 3.09 bits per heavy atom. The van der Waals surface area contributed by atoms with Crippen molar-refractivity contribution in [2.24, 2.45) is 0 Å². The standard InChI is InChI=1S/C9H14N2/c1-11-5-3-9(7-11)8-2-4-10-6-8/h2,4,6,9-10H,3,5,7H2,1H3. The first-order valence-electron chi connectivity index (χ1n) is 4.17. The SMILES string of the molecule is CN1CCC(c2cc[nH]c2)C1. The summed E-state index contributed by atoms with van der Waals surface area (Å²) in [6.45, 7) is 2.47. The maximum absolute atomic E-state index is 3.10. The number of likely N-dealkylation sites (N-methyl/N-ethyl adjacent to an activating group) is 1. The molecule has 2 heteroatoms. The van der Waals surface area contributed by atoms with E-state index < -0.39 is 0 Å². The second-order valence-corrected chi connectivity index (χ2v) is 3.39. The Kier molecular flexibility index (Phi) is 1.70. The lowest BCUT2D eigenvalue weighted by Gasteiger charge is -2.07. The molecule has 1 aliphatic heterocycles. The van der Waals surface area contributed by atoms with Crippen molar-refractivity contribution in [1.82, 2.24) is 9.88 Å². The summed E-state index contributed by atoms with van der Waals surface area (Å²) in [5.74, 6) is 0.770. The summed E-state index contributed by atoms with van der Waals surface area (Å²) in [4.78, 5) is 5.49. The van der Waals surface area contributed by atoms with Crippen molar-refractivity contribution in [2.45, 2.75) is 12.3 Å². The zero-order valence-electron chi connectivity index (χ0n) is 6.88. The number of aromatic nitrogens is 1. The molecule has 2 nitrogen and oxygen atoms in total. The second kappa shape index (κ2) is 2.70. The van der Waals surface area contributed by atoms with Crippen LogP contribution in [-0.2, 0) is 0 Å². The van der Waals surface area contributed by atoms with E-state index in [1.165, 1.54) is 25.1 Å². The first-order valence-corrected chi connectivity index (χ1v) is 4.17. The van der Waals surface area contributed by atoms with E-state index in [9.17, 15) is 0 Å². The first-order chi connectivity index (χ1) is 5.36. The molecule has 2 heterocycles. The van der Waals surface area contributed by atoms with Crippen LogP contribution in [0.4, 0.5) is 0 Å². The van der Waals surface area contributed by atoms with Crippen LogP contribution >= 0.6 is 0 Å². The Balaban J connectivity index is 2.08. The van der Waals surface area contributed by atoms with Crippen LogP contribution in [0.2, 0.25) is 0 Å². The van der Waals surface area contributed by atoms with Gasteiger partial charge in [-0.3, -0.25) is 0 Å². The fourth-order valence-corrected chi connectivity index (χ4v) is 1.80. The summed E-state index contributed by atoms with van der Waals surface area (Å²) in [7, 11) is 2.19. The van der Waals surface area contributed by atoms with E-state index in [2.05, 4.69) is 29.2 Å². The van der Waals surface area contributed by atoms with Crippen molar-refractivity contribution in [3.05, 3.63) is 24.0 Å². The van der Waals surface area contributed by atoms with Gasteiger partial charge in [0.15, 0.2) is 0 Å². The van der Waals surface area contributed by atoms with E-state index in [1.54, 1.807) is 0 Å². The third-order valence-corrected chi connectivity index (χ3v) is 2.48. The molecule has 0 aromatic carbocycles. The van der Waals surface area contributed by atoms with Crippen LogP contribution in [-0.4, -0.2) is 30.0 Å². The van der Waals surface area contributed by atoms with Gasteiger partial charge in [-0.05, 0) is 37.6 Å². The van der Waals surface area contributed by atoms with Crippen LogP contribution in [0.15, 0.2) is 18.5 Å². The van der Waals surface area contributed by atoms with Gasteiger partial charge in [0.05, 0.1) is 0 Å². The molecule has 0 saturated carbocycles. The molecule has 1 aromatic rings. The molecule has 1 N–H and O–H groups in total. The molecule has 1 atom stereocenters. The van der Waals surface area contributed by atoms with Gasteiger partial charge in [0.25, 0.3) is 0 Å². The molecule has 2 rings (SSSR count). The molecule has 1 unspecified atom stereocenters. The minimum absolute atomic E-state index is 0.770. The third kappa shape index (κ3) is 1.31. The molecule has 60 valence electrons. The monoisotopic (exact) mass is 150 g/mol. The molecule has 1 aliphatic rings. The maximum Gasteiger partial charge on any atom is 0.00483 e. The van der Waals surface area contributed by atoms with Gasteiger partial charge in [-0.2, -0.15) is 0 Å². The first kappa shape index (κ1) is 6.92. The average molecular weight is 150 g/mol. The summed E-state index contributed by atoms with van der Waals surface area (Å²) < 4.78 is 0. The van der Waals surface area contributed by atoms with Gasteiger partial charge in [-0.15, -0.1) is 0 Å². The van der Waals surface area contributed by atoms with Crippen molar-refractivity contribution in [3.8, 4) is 0 Å². The Morgan fingerprint density at radius 1 is 1.64 bits per heavy atom. The molecule has 11 heavy (non-hydrogen) atoms. The molecule has 1 fully saturated rings. The summed E-state index contributed by atoms with van der Waals surface area (Å²) >= 11 is 0. The topological polar surface area (TPSA) is 19.0 Å². The minimum atomic E-state index is 0.770. The number of likely N-dealkylation sites (tertiary alicyclic amines) is 1. The average Bonchev–Trinajstić information content (AvgIpc) is 2.55. The van der Waals surface area contributed by atoms with E-state index in [1.807, 2.05) is 6.20 Å². The fraction of sp³-hybridized carbons (Fsp3) is 0.556. The number of nitrogens with zero attached hydrogens (tertiary/aromatic N) is 1. The van der Waals surface area contributed by atoms with Crippen LogP contribution in [0.1, 0.15) is 17.9 Å². The van der Waals surface area contributed by atoms with Crippen LogP contribution in [0.5, 0.6) is 0 Å². The van der Waals surface area contributed by atoms with E-state index in [0.29, 0.717) is 0 Å². The van der Waals surface area contributed by atoms with E-state index in [4.69, 9.17) is 0 Å². The lowest BCUT2D eigenvalue weighted by atomic mass is 10.0. The van der Waals surface area contributed by atoms with Crippen molar-refractivity contribution < 1.29 is 0 Å². The van der Waals surface area contributed by atoms with Crippen LogP contribution in [0.3, 0.4) is 0 Å². The van der Waals surface area contributed by atoms with Gasteiger partial charge in [-0.25, -0.2) is 0 Å². The van der Waals surface area contributed by atoms with E-state index in [0.717, 1.165) is 5.92 Å². The highest BCUT2D eigenvalue weighted by atomic mass is 15.1. The number of hydrogen-bond acceptors (Lipinski definition) is 1.